The molecule has 0 fully saturated rings. The molecule has 0 aliphatic carbocycles. The third kappa shape index (κ3) is 3.10. The summed E-state index contributed by atoms with van der Waals surface area (Å²) in [4.78, 5) is 37.7. The number of carbonyl (C=O) groups is 3. The number of fused-ring (bicyclic) bond motifs is 1. The number of nitrogens with zero attached hydrogens (tertiary/aromatic N) is 2. The molecule has 0 aromatic heterocycles. The van der Waals surface area contributed by atoms with Gasteiger partial charge < -0.3 is 5.32 Å². The van der Waals surface area contributed by atoms with Gasteiger partial charge in [0, 0.05) is 13.0 Å². The van der Waals surface area contributed by atoms with Crippen LogP contribution in [0.5, 0.6) is 0 Å². The van der Waals surface area contributed by atoms with Crippen molar-refractivity contribution in [2.75, 3.05) is 11.9 Å². The van der Waals surface area contributed by atoms with E-state index < -0.39 is 17.7 Å². The van der Waals surface area contributed by atoms with E-state index in [1.54, 1.807) is 36.4 Å². The normalized spacial score (nSPS) is 12.7. The first-order valence-electron chi connectivity index (χ1n) is 7.46. The lowest BCUT2D eigenvalue weighted by atomic mass is 10.1. The molecule has 0 radical (unpaired) electrons. The predicted octanol–water partition coefficient (Wildman–Crippen LogP) is 2.84. The van der Waals surface area contributed by atoms with Gasteiger partial charge in [-0.15, -0.1) is 0 Å². The smallest absolute Gasteiger partial charge is 0.263 e. The first-order valence-corrected chi connectivity index (χ1v) is 7.84. The molecule has 0 saturated heterocycles. The highest BCUT2D eigenvalue weighted by atomic mass is 35.5. The average molecular weight is 354 g/mol. The Morgan fingerprint density at radius 3 is 2.60 bits per heavy atom. The standard InChI is InChI=1S/C18H12ClN3O3/c19-13-6-3-5-12-16(13)18(25)22(17(12)24)9-8-15(23)21-14-7-2-1-4-11(14)10-20/h1-7H,8-9H2,(H,21,23). The molecule has 124 valence electrons. The van der Waals surface area contributed by atoms with E-state index in [4.69, 9.17) is 16.9 Å². The van der Waals surface area contributed by atoms with Crippen LogP contribution in [0.15, 0.2) is 42.5 Å². The average Bonchev–Trinajstić information content (AvgIpc) is 2.85. The van der Waals surface area contributed by atoms with E-state index in [-0.39, 0.29) is 29.1 Å². The van der Waals surface area contributed by atoms with E-state index in [9.17, 15) is 14.4 Å². The van der Waals surface area contributed by atoms with Gasteiger partial charge in [-0.2, -0.15) is 5.26 Å². The van der Waals surface area contributed by atoms with Crippen LogP contribution in [-0.4, -0.2) is 29.2 Å². The van der Waals surface area contributed by atoms with Gasteiger partial charge in [0.2, 0.25) is 5.91 Å². The molecule has 0 atom stereocenters. The fourth-order valence-electron chi connectivity index (χ4n) is 2.61. The number of amides is 3. The molecule has 7 heteroatoms. The maximum Gasteiger partial charge on any atom is 0.263 e. The summed E-state index contributed by atoms with van der Waals surface area (Å²) in [6.45, 7) is -0.0662. The first-order chi connectivity index (χ1) is 12.0. The van der Waals surface area contributed by atoms with Crippen molar-refractivity contribution in [1.29, 1.82) is 5.26 Å². The van der Waals surface area contributed by atoms with Crippen LogP contribution in [0.3, 0.4) is 0 Å². The van der Waals surface area contributed by atoms with Crippen LogP contribution in [0.25, 0.3) is 0 Å². The molecule has 0 bridgehead atoms. The number of hydrogen-bond donors (Lipinski definition) is 1. The summed E-state index contributed by atoms with van der Waals surface area (Å²) in [7, 11) is 0. The Bertz CT molecular complexity index is 933. The van der Waals surface area contributed by atoms with Crippen molar-refractivity contribution >= 4 is 35.0 Å². The molecule has 3 amide bonds. The van der Waals surface area contributed by atoms with Gasteiger partial charge in [-0.05, 0) is 24.3 Å². The second kappa shape index (κ2) is 6.75. The number of hydrogen-bond acceptors (Lipinski definition) is 4. The van der Waals surface area contributed by atoms with E-state index in [1.807, 2.05) is 6.07 Å². The monoisotopic (exact) mass is 353 g/mol. The quantitative estimate of drug-likeness (QED) is 0.856. The molecule has 3 rings (SSSR count). The van der Waals surface area contributed by atoms with Crippen molar-refractivity contribution in [3.63, 3.8) is 0 Å². The SMILES string of the molecule is N#Cc1ccccc1NC(=O)CCN1C(=O)c2cccc(Cl)c2C1=O. The largest absolute Gasteiger partial charge is 0.325 e. The number of para-hydroxylation sites is 1. The Labute approximate surface area is 148 Å². The van der Waals surface area contributed by atoms with E-state index in [0.29, 0.717) is 11.3 Å². The van der Waals surface area contributed by atoms with Crippen molar-refractivity contribution in [2.45, 2.75) is 6.42 Å². The second-order valence-corrected chi connectivity index (χ2v) is 5.79. The van der Waals surface area contributed by atoms with Crippen molar-refractivity contribution in [2.24, 2.45) is 0 Å². The van der Waals surface area contributed by atoms with Gasteiger partial charge >= 0.3 is 0 Å². The van der Waals surface area contributed by atoms with Crippen LogP contribution >= 0.6 is 11.6 Å². The third-order valence-corrected chi connectivity index (χ3v) is 4.15. The number of benzene rings is 2. The molecule has 25 heavy (non-hydrogen) atoms. The Hall–Kier alpha value is -3.17. The molecule has 0 saturated carbocycles. The topological polar surface area (TPSA) is 90.3 Å². The second-order valence-electron chi connectivity index (χ2n) is 5.38. The van der Waals surface area contributed by atoms with Crippen molar-refractivity contribution in [3.8, 4) is 6.07 Å². The lowest BCUT2D eigenvalue weighted by molar-refractivity contribution is -0.116. The molecule has 0 spiro atoms. The zero-order valence-corrected chi connectivity index (χ0v) is 13.7. The summed E-state index contributed by atoms with van der Waals surface area (Å²) in [6, 6.07) is 13.2. The Morgan fingerprint density at radius 1 is 1.12 bits per heavy atom. The van der Waals surface area contributed by atoms with Crippen LogP contribution in [0.1, 0.15) is 32.7 Å². The highest BCUT2D eigenvalue weighted by molar-refractivity contribution is 6.37. The number of anilines is 1. The highest BCUT2D eigenvalue weighted by Gasteiger charge is 2.37. The number of carbonyl (C=O) groups excluding carboxylic acids is 3. The summed E-state index contributed by atoms with van der Waals surface area (Å²) in [5.41, 5.74) is 1.14. The van der Waals surface area contributed by atoms with Gasteiger partial charge in [0.25, 0.3) is 11.8 Å². The first kappa shape index (κ1) is 16.7. The molecule has 1 N–H and O–H groups in total. The zero-order chi connectivity index (χ0) is 18.0. The van der Waals surface area contributed by atoms with Gasteiger partial charge in [0.05, 0.1) is 27.4 Å². The molecule has 0 unspecified atom stereocenters. The minimum Gasteiger partial charge on any atom is -0.325 e. The Balaban J connectivity index is 1.68. The maximum absolute atomic E-state index is 12.3. The van der Waals surface area contributed by atoms with Crippen LogP contribution in [0.2, 0.25) is 5.02 Å². The number of halogens is 1. The van der Waals surface area contributed by atoms with Gasteiger partial charge in [-0.3, -0.25) is 19.3 Å². The molecule has 1 aliphatic rings. The van der Waals surface area contributed by atoms with Gasteiger partial charge in [0.1, 0.15) is 6.07 Å². The Kier molecular flexibility index (Phi) is 4.50. The molecule has 2 aromatic rings. The van der Waals surface area contributed by atoms with E-state index >= 15 is 0 Å². The molecule has 2 aromatic carbocycles. The summed E-state index contributed by atoms with van der Waals surface area (Å²) in [6.07, 6.45) is -0.0805. The predicted molar refractivity (Wildman–Crippen MR) is 91.2 cm³/mol. The van der Waals surface area contributed by atoms with Crippen LogP contribution in [-0.2, 0) is 4.79 Å². The lowest BCUT2D eigenvalue weighted by Crippen LogP contribution is -2.33. The molecular formula is C18H12ClN3O3. The summed E-state index contributed by atoms with van der Waals surface area (Å²) >= 11 is 5.99. The van der Waals surface area contributed by atoms with Crippen LogP contribution in [0, 0.1) is 11.3 Å². The number of rotatable bonds is 4. The zero-order valence-electron chi connectivity index (χ0n) is 13.0. The van der Waals surface area contributed by atoms with E-state index in [1.165, 1.54) is 6.07 Å². The van der Waals surface area contributed by atoms with Crippen LogP contribution < -0.4 is 5.32 Å². The van der Waals surface area contributed by atoms with E-state index in [0.717, 1.165) is 4.90 Å². The highest BCUT2D eigenvalue weighted by Crippen LogP contribution is 2.29. The number of imide groups is 1. The summed E-state index contributed by atoms with van der Waals surface area (Å²) in [5.74, 6) is -1.37. The third-order valence-electron chi connectivity index (χ3n) is 3.83. The lowest BCUT2D eigenvalue weighted by Gasteiger charge is -2.13. The van der Waals surface area contributed by atoms with Gasteiger partial charge in [-0.25, -0.2) is 0 Å². The fourth-order valence-corrected chi connectivity index (χ4v) is 2.87. The number of nitrogens with one attached hydrogen (secondary N) is 1. The van der Waals surface area contributed by atoms with Gasteiger partial charge in [-0.1, -0.05) is 29.8 Å². The van der Waals surface area contributed by atoms with Crippen molar-refractivity contribution < 1.29 is 14.4 Å². The molecule has 1 heterocycles. The minimum absolute atomic E-state index is 0.0662. The maximum atomic E-state index is 12.3. The molecule has 6 nitrogen and oxygen atoms in total. The van der Waals surface area contributed by atoms with Gasteiger partial charge in [0.15, 0.2) is 0 Å². The summed E-state index contributed by atoms with van der Waals surface area (Å²) in [5, 5.41) is 11.8. The molecular weight excluding hydrogens is 342 g/mol. The van der Waals surface area contributed by atoms with Crippen molar-refractivity contribution in [3.05, 3.63) is 64.2 Å². The number of nitriles is 1. The van der Waals surface area contributed by atoms with Crippen molar-refractivity contribution in [1.82, 2.24) is 4.90 Å². The van der Waals surface area contributed by atoms with E-state index in [2.05, 4.69) is 5.32 Å². The summed E-state index contributed by atoms with van der Waals surface area (Å²) < 4.78 is 0. The minimum atomic E-state index is -0.504. The Morgan fingerprint density at radius 2 is 1.88 bits per heavy atom. The molecule has 1 aliphatic heterocycles. The van der Waals surface area contributed by atoms with Crippen LogP contribution in [0.4, 0.5) is 5.69 Å². The fraction of sp³-hybridized carbons (Fsp3) is 0.111.